The van der Waals surface area contributed by atoms with Crippen LogP contribution in [0.5, 0.6) is 0 Å². The third-order valence-corrected chi connectivity index (χ3v) is 5.03. The highest BCUT2D eigenvalue weighted by Gasteiger charge is 2.44. The predicted octanol–water partition coefficient (Wildman–Crippen LogP) is 3.53. The van der Waals surface area contributed by atoms with Gasteiger partial charge in [-0.15, -0.1) is 11.3 Å². The quantitative estimate of drug-likeness (QED) is 0.857. The van der Waals surface area contributed by atoms with Crippen LogP contribution in [0.4, 0.5) is 5.69 Å². The van der Waals surface area contributed by atoms with Gasteiger partial charge in [0.15, 0.2) is 0 Å². The first-order chi connectivity index (χ1) is 11.7. The minimum atomic E-state index is -0.904. The number of para-hydroxylation sites is 1. The van der Waals surface area contributed by atoms with Crippen LogP contribution >= 0.6 is 11.3 Å². The third kappa shape index (κ3) is 2.68. The van der Waals surface area contributed by atoms with Gasteiger partial charge in [-0.3, -0.25) is 4.79 Å². The Morgan fingerprint density at radius 2 is 1.88 bits per heavy atom. The SMILES string of the molecule is CC1=NN(c2ccccc2)C(=O)[C@@H]1[C@@H](c1cccs1)C(C#N)C#N. The highest BCUT2D eigenvalue weighted by molar-refractivity contribution is 7.10. The second-order valence-electron chi connectivity index (χ2n) is 5.48. The van der Waals surface area contributed by atoms with Crippen molar-refractivity contribution in [2.45, 2.75) is 12.8 Å². The van der Waals surface area contributed by atoms with Crippen molar-refractivity contribution >= 4 is 28.6 Å². The first kappa shape index (κ1) is 15.9. The predicted molar refractivity (Wildman–Crippen MR) is 92.3 cm³/mol. The number of hydrogen-bond donors (Lipinski definition) is 0. The molecular weight excluding hydrogens is 320 g/mol. The number of nitriles is 2. The van der Waals surface area contributed by atoms with E-state index in [1.54, 1.807) is 6.92 Å². The van der Waals surface area contributed by atoms with Gasteiger partial charge in [0, 0.05) is 16.5 Å². The molecule has 1 aromatic carbocycles. The number of carbonyl (C=O) groups is 1. The van der Waals surface area contributed by atoms with Gasteiger partial charge in [0.2, 0.25) is 0 Å². The molecule has 0 aliphatic carbocycles. The van der Waals surface area contributed by atoms with E-state index >= 15 is 0 Å². The van der Waals surface area contributed by atoms with Crippen LogP contribution in [-0.4, -0.2) is 11.6 Å². The summed E-state index contributed by atoms with van der Waals surface area (Å²) in [5.74, 6) is -2.22. The molecule has 0 bridgehead atoms. The standard InChI is InChI=1S/C18H14N4OS/c1-12-16(17(13(10-19)11-20)15-8-5-9-24-15)18(23)22(21-12)14-6-3-2-4-7-14/h2-9,13,16-17H,1H3/t16-,17+/m0/s1. The lowest BCUT2D eigenvalue weighted by atomic mass is 9.79. The number of nitrogens with zero attached hydrogens (tertiary/aromatic N) is 4. The summed E-state index contributed by atoms with van der Waals surface area (Å²) in [6, 6.07) is 17.0. The number of anilines is 1. The zero-order valence-electron chi connectivity index (χ0n) is 13.0. The van der Waals surface area contributed by atoms with Gasteiger partial charge in [-0.05, 0) is 30.5 Å². The minimum Gasteiger partial charge on any atom is -0.272 e. The summed E-state index contributed by atoms with van der Waals surface area (Å²) in [6.45, 7) is 1.78. The maximum atomic E-state index is 13.0. The molecule has 0 saturated heterocycles. The first-order valence-corrected chi connectivity index (χ1v) is 8.32. The van der Waals surface area contributed by atoms with Crippen LogP contribution in [0.25, 0.3) is 0 Å². The van der Waals surface area contributed by atoms with Gasteiger partial charge in [0.05, 0.1) is 23.7 Å². The van der Waals surface area contributed by atoms with Crippen molar-refractivity contribution in [1.82, 2.24) is 0 Å². The van der Waals surface area contributed by atoms with Crippen molar-refractivity contribution in [3.63, 3.8) is 0 Å². The summed E-state index contributed by atoms with van der Waals surface area (Å²) in [5, 5.41) is 26.4. The largest absolute Gasteiger partial charge is 0.272 e. The first-order valence-electron chi connectivity index (χ1n) is 7.44. The molecule has 24 heavy (non-hydrogen) atoms. The van der Waals surface area contributed by atoms with E-state index in [4.69, 9.17) is 0 Å². The summed E-state index contributed by atoms with van der Waals surface area (Å²) in [4.78, 5) is 13.8. The van der Waals surface area contributed by atoms with Crippen molar-refractivity contribution in [3.05, 3.63) is 52.7 Å². The molecule has 2 heterocycles. The van der Waals surface area contributed by atoms with Gasteiger partial charge in [-0.2, -0.15) is 15.6 Å². The highest BCUT2D eigenvalue weighted by Crippen LogP contribution is 2.40. The number of rotatable bonds is 4. The zero-order valence-corrected chi connectivity index (χ0v) is 13.8. The zero-order chi connectivity index (χ0) is 17.1. The molecule has 5 nitrogen and oxygen atoms in total. The molecule has 2 aromatic rings. The molecular formula is C18H14N4OS. The number of thiophene rings is 1. The maximum absolute atomic E-state index is 13.0. The Bertz CT molecular complexity index is 831. The van der Waals surface area contributed by atoms with Gasteiger partial charge < -0.3 is 0 Å². The number of hydrazone groups is 1. The molecule has 0 unspecified atom stereocenters. The molecule has 0 N–H and O–H groups in total. The third-order valence-electron chi connectivity index (χ3n) is 4.05. The molecule has 1 aliphatic heterocycles. The number of carbonyl (C=O) groups excluding carboxylic acids is 1. The second kappa shape index (κ2) is 6.66. The number of hydrogen-bond acceptors (Lipinski definition) is 5. The molecule has 1 amide bonds. The van der Waals surface area contributed by atoms with Crippen LogP contribution in [0.2, 0.25) is 0 Å². The lowest BCUT2D eigenvalue weighted by Crippen LogP contribution is -2.33. The molecule has 1 aromatic heterocycles. The Hall–Kier alpha value is -2.96. The molecule has 0 spiro atoms. The fourth-order valence-electron chi connectivity index (χ4n) is 2.94. The van der Waals surface area contributed by atoms with Crippen molar-refractivity contribution < 1.29 is 4.79 Å². The van der Waals surface area contributed by atoms with Gasteiger partial charge in [0.1, 0.15) is 5.92 Å². The van der Waals surface area contributed by atoms with Crippen LogP contribution in [0, 0.1) is 34.5 Å². The Labute approximate surface area is 144 Å². The van der Waals surface area contributed by atoms with Gasteiger partial charge in [-0.25, -0.2) is 5.01 Å². The average Bonchev–Trinajstić information content (AvgIpc) is 3.23. The van der Waals surface area contributed by atoms with E-state index in [9.17, 15) is 15.3 Å². The molecule has 118 valence electrons. The smallest absolute Gasteiger partial charge is 0.256 e. The Morgan fingerprint density at radius 1 is 1.17 bits per heavy atom. The molecule has 0 fully saturated rings. The minimum absolute atomic E-state index is 0.201. The second-order valence-corrected chi connectivity index (χ2v) is 6.46. The average molecular weight is 334 g/mol. The van der Waals surface area contributed by atoms with E-state index < -0.39 is 17.8 Å². The van der Waals surface area contributed by atoms with Crippen LogP contribution in [0.3, 0.4) is 0 Å². The lowest BCUT2D eigenvalue weighted by molar-refractivity contribution is -0.120. The number of amides is 1. The Morgan fingerprint density at radius 3 is 2.46 bits per heavy atom. The molecule has 0 radical (unpaired) electrons. The summed E-state index contributed by atoms with van der Waals surface area (Å²) < 4.78 is 0. The van der Waals surface area contributed by atoms with Crippen LogP contribution in [-0.2, 0) is 4.79 Å². The van der Waals surface area contributed by atoms with E-state index in [1.165, 1.54) is 16.3 Å². The molecule has 1 aliphatic rings. The Kier molecular flexibility index (Phi) is 4.41. The molecule has 0 saturated carbocycles. The van der Waals surface area contributed by atoms with Crippen molar-refractivity contribution in [1.29, 1.82) is 10.5 Å². The summed E-state index contributed by atoms with van der Waals surface area (Å²) in [7, 11) is 0. The van der Waals surface area contributed by atoms with Gasteiger partial charge >= 0.3 is 0 Å². The summed E-state index contributed by atoms with van der Waals surface area (Å²) in [5.41, 5.74) is 1.30. The van der Waals surface area contributed by atoms with Gasteiger partial charge in [-0.1, -0.05) is 24.3 Å². The molecule has 2 atom stereocenters. The van der Waals surface area contributed by atoms with E-state index in [0.29, 0.717) is 11.4 Å². The Balaban J connectivity index is 2.01. The monoisotopic (exact) mass is 334 g/mol. The van der Waals surface area contributed by atoms with Crippen LogP contribution < -0.4 is 5.01 Å². The highest BCUT2D eigenvalue weighted by atomic mass is 32.1. The van der Waals surface area contributed by atoms with Crippen molar-refractivity contribution in [2.24, 2.45) is 16.9 Å². The fourth-order valence-corrected chi connectivity index (χ4v) is 3.84. The van der Waals surface area contributed by atoms with Crippen LogP contribution in [0.15, 0.2) is 52.9 Å². The van der Waals surface area contributed by atoms with E-state index in [0.717, 1.165) is 4.88 Å². The maximum Gasteiger partial charge on any atom is 0.256 e. The van der Waals surface area contributed by atoms with E-state index in [2.05, 4.69) is 5.10 Å². The van der Waals surface area contributed by atoms with Gasteiger partial charge in [0.25, 0.3) is 5.91 Å². The lowest BCUT2D eigenvalue weighted by Gasteiger charge is -2.23. The normalized spacial score (nSPS) is 18.2. The molecule has 3 rings (SSSR count). The summed E-state index contributed by atoms with van der Waals surface area (Å²) >= 11 is 1.45. The fraction of sp³-hybridized carbons (Fsp3) is 0.222. The van der Waals surface area contributed by atoms with Crippen molar-refractivity contribution in [2.75, 3.05) is 5.01 Å². The number of benzene rings is 1. The topological polar surface area (TPSA) is 80.2 Å². The molecule has 6 heteroatoms. The summed E-state index contributed by atoms with van der Waals surface area (Å²) in [6.07, 6.45) is 0. The van der Waals surface area contributed by atoms with Crippen LogP contribution in [0.1, 0.15) is 17.7 Å². The van der Waals surface area contributed by atoms with E-state index in [-0.39, 0.29) is 5.91 Å². The van der Waals surface area contributed by atoms with Crippen molar-refractivity contribution in [3.8, 4) is 12.1 Å². The van der Waals surface area contributed by atoms with E-state index in [1.807, 2.05) is 60.0 Å².